The van der Waals surface area contributed by atoms with E-state index in [-0.39, 0.29) is 13.0 Å². The maximum atomic E-state index is 13.9. The van der Waals surface area contributed by atoms with E-state index in [1.807, 2.05) is 0 Å². The molecular weight excluding hydrogens is 599 g/mol. The van der Waals surface area contributed by atoms with Crippen LogP contribution in [0.3, 0.4) is 0 Å². The van der Waals surface area contributed by atoms with Gasteiger partial charge in [-0.3, -0.25) is 9.69 Å². The molecule has 0 unspecified atom stereocenters. The predicted molar refractivity (Wildman–Crippen MR) is 106 cm³/mol. The largest absolute Gasteiger partial charge is 0.465 e. The lowest BCUT2D eigenvalue weighted by molar-refractivity contribution is -0.296. The molecule has 1 aliphatic rings. The lowest BCUT2D eigenvalue weighted by atomic mass is 9.94. The van der Waals surface area contributed by atoms with Gasteiger partial charge in [-0.1, -0.05) is 0 Å². The molecule has 4 nitrogen and oxygen atoms in total. The number of esters is 1. The summed E-state index contributed by atoms with van der Waals surface area (Å²) in [6.45, 7) is 0.596. The van der Waals surface area contributed by atoms with Gasteiger partial charge in [0, 0.05) is 45.3 Å². The molecule has 0 aromatic carbocycles. The van der Waals surface area contributed by atoms with E-state index >= 15 is 0 Å². The van der Waals surface area contributed by atoms with Gasteiger partial charge in [0.15, 0.2) is 0 Å². The number of carbonyl (C=O) groups excluding carboxylic acids is 1. The minimum absolute atomic E-state index is 0.151. The summed E-state index contributed by atoms with van der Waals surface area (Å²) in [5, 5.41) is 0. The summed E-state index contributed by atoms with van der Waals surface area (Å²) in [5.74, 6) is -34.3. The van der Waals surface area contributed by atoms with Crippen molar-refractivity contribution < 1.29 is 80.1 Å². The quantitative estimate of drug-likeness (QED) is 0.137. The molecule has 0 aromatic heterocycles. The first-order valence-electron chi connectivity index (χ1n) is 11.6. The number of hydrogen-bond donors (Lipinski definition) is 0. The Morgan fingerprint density at radius 3 is 1.60 bits per heavy atom. The van der Waals surface area contributed by atoms with Crippen LogP contribution in [-0.4, -0.2) is 92.0 Å². The summed E-state index contributed by atoms with van der Waals surface area (Å²) in [6.07, 6.45) is -22.7. The Bertz CT molecular complexity index is 812. The zero-order chi connectivity index (χ0) is 31.3. The average molecular weight is 625 g/mol. The molecule has 0 saturated carbocycles. The highest BCUT2D eigenvalue weighted by atomic mass is 19.4. The second-order valence-electron chi connectivity index (χ2n) is 9.23. The molecule has 1 heterocycles. The van der Waals surface area contributed by atoms with Crippen molar-refractivity contribution in [2.75, 3.05) is 39.5 Å². The molecule has 238 valence electrons. The number of rotatable bonds is 16. The normalized spacial score (nSPS) is 17.3. The third-order valence-electron chi connectivity index (χ3n) is 5.94. The first-order valence-corrected chi connectivity index (χ1v) is 11.6. The van der Waals surface area contributed by atoms with Crippen molar-refractivity contribution in [1.82, 2.24) is 4.90 Å². The van der Waals surface area contributed by atoms with Gasteiger partial charge in [-0.25, -0.2) is 8.78 Å². The molecule has 1 saturated heterocycles. The molecule has 19 heteroatoms. The van der Waals surface area contributed by atoms with Crippen LogP contribution in [0, 0.1) is 0 Å². The van der Waals surface area contributed by atoms with Crippen molar-refractivity contribution in [3.8, 4) is 0 Å². The van der Waals surface area contributed by atoms with Crippen molar-refractivity contribution >= 4 is 5.97 Å². The molecule has 0 spiro atoms. The summed E-state index contributed by atoms with van der Waals surface area (Å²) in [6, 6.07) is 0. The van der Waals surface area contributed by atoms with Gasteiger partial charge in [-0.15, -0.1) is 0 Å². The number of ether oxygens (including phenoxy) is 2. The first-order chi connectivity index (χ1) is 17.8. The highest BCUT2D eigenvalue weighted by molar-refractivity contribution is 5.69. The summed E-state index contributed by atoms with van der Waals surface area (Å²) in [4.78, 5) is 13.4. The first kappa shape index (κ1) is 36.4. The van der Waals surface area contributed by atoms with Gasteiger partial charge >= 0.3 is 41.8 Å². The Morgan fingerprint density at radius 2 is 1.07 bits per heavy atom. The average Bonchev–Trinajstić information content (AvgIpc) is 2.79. The summed E-state index contributed by atoms with van der Waals surface area (Å²) < 4.78 is 209. The molecule has 1 aliphatic heterocycles. The van der Waals surface area contributed by atoms with Gasteiger partial charge in [0.25, 0.3) is 5.92 Å². The molecule has 0 aromatic rings. The Labute approximate surface area is 218 Å². The molecule has 40 heavy (non-hydrogen) atoms. The number of hydrogen-bond acceptors (Lipinski definition) is 4. The molecule has 0 bridgehead atoms. The second-order valence-corrected chi connectivity index (χ2v) is 9.23. The highest BCUT2D eigenvalue weighted by Crippen LogP contribution is 2.50. The van der Waals surface area contributed by atoms with E-state index < -0.39 is 92.8 Å². The standard InChI is InChI=1S/C21H26F15NO3/c22-15(23,13-20(32,33)17(26,27)4-5-19(30,31)21(34,35)36)2-3-16(24,25)18(28,29)6-10-40-14(38)1-7-37-8-11-39-12-9-37/h1-13H2. The van der Waals surface area contributed by atoms with Gasteiger partial charge in [0.2, 0.25) is 0 Å². The summed E-state index contributed by atoms with van der Waals surface area (Å²) in [5.41, 5.74) is 0. The van der Waals surface area contributed by atoms with Crippen LogP contribution >= 0.6 is 0 Å². The van der Waals surface area contributed by atoms with Crippen LogP contribution in [0.4, 0.5) is 65.9 Å². The van der Waals surface area contributed by atoms with E-state index in [2.05, 4.69) is 4.74 Å². The zero-order valence-electron chi connectivity index (χ0n) is 20.5. The fraction of sp³-hybridized carbons (Fsp3) is 0.952. The zero-order valence-corrected chi connectivity index (χ0v) is 20.5. The minimum Gasteiger partial charge on any atom is -0.465 e. The van der Waals surface area contributed by atoms with Crippen molar-refractivity contribution in [3.63, 3.8) is 0 Å². The van der Waals surface area contributed by atoms with E-state index in [1.54, 1.807) is 4.90 Å². The van der Waals surface area contributed by atoms with Crippen LogP contribution in [0.5, 0.6) is 0 Å². The lowest BCUT2D eigenvalue weighted by Gasteiger charge is -2.32. The van der Waals surface area contributed by atoms with E-state index in [1.165, 1.54) is 0 Å². The van der Waals surface area contributed by atoms with Crippen molar-refractivity contribution in [3.05, 3.63) is 0 Å². The number of halogens is 15. The Hall–Kier alpha value is -1.66. The summed E-state index contributed by atoms with van der Waals surface area (Å²) >= 11 is 0. The highest BCUT2D eigenvalue weighted by Gasteiger charge is 2.64. The molecule has 0 N–H and O–H groups in total. The topological polar surface area (TPSA) is 38.8 Å². The third-order valence-corrected chi connectivity index (χ3v) is 5.94. The maximum absolute atomic E-state index is 13.9. The Balaban J connectivity index is 2.63. The van der Waals surface area contributed by atoms with Gasteiger partial charge in [0.05, 0.1) is 39.1 Å². The Kier molecular flexibility index (Phi) is 11.9. The number of morpholine rings is 1. The van der Waals surface area contributed by atoms with E-state index in [4.69, 9.17) is 4.74 Å². The summed E-state index contributed by atoms with van der Waals surface area (Å²) in [7, 11) is 0. The van der Waals surface area contributed by atoms with Gasteiger partial charge in [0.1, 0.15) is 0 Å². The molecule has 0 radical (unpaired) electrons. The van der Waals surface area contributed by atoms with Gasteiger partial charge in [-0.2, -0.15) is 57.1 Å². The van der Waals surface area contributed by atoms with Crippen LogP contribution < -0.4 is 0 Å². The fourth-order valence-corrected chi connectivity index (χ4v) is 3.33. The maximum Gasteiger partial charge on any atom is 0.453 e. The second kappa shape index (κ2) is 13.1. The van der Waals surface area contributed by atoms with Gasteiger partial charge in [-0.05, 0) is 0 Å². The minimum atomic E-state index is -6.40. The molecular formula is C21H26F15NO3. The van der Waals surface area contributed by atoms with Crippen molar-refractivity contribution in [1.29, 1.82) is 0 Å². The SMILES string of the molecule is O=C(CCN1CCOCC1)OCCC(F)(F)C(F)(F)CCC(F)(F)CC(F)(F)C(F)(F)CCC(F)(F)C(F)(F)F. The van der Waals surface area contributed by atoms with E-state index in [0.717, 1.165) is 0 Å². The van der Waals surface area contributed by atoms with Crippen molar-refractivity contribution in [2.24, 2.45) is 0 Å². The predicted octanol–water partition coefficient (Wildman–Crippen LogP) is 6.97. The van der Waals surface area contributed by atoms with Gasteiger partial charge < -0.3 is 9.47 Å². The van der Waals surface area contributed by atoms with E-state index in [0.29, 0.717) is 26.3 Å². The van der Waals surface area contributed by atoms with Crippen LogP contribution in [0.1, 0.15) is 44.9 Å². The third kappa shape index (κ3) is 10.6. The van der Waals surface area contributed by atoms with Crippen LogP contribution in [0.15, 0.2) is 0 Å². The Morgan fingerprint density at radius 1 is 0.625 bits per heavy atom. The smallest absolute Gasteiger partial charge is 0.453 e. The molecule has 0 aliphatic carbocycles. The molecule has 0 atom stereocenters. The van der Waals surface area contributed by atoms with Crippen LogP contribution in [-0.2, 0) is 14.3 Å². The lowest BCUT2D eigenvalue weighted by Crippen LogP contribution is -2.47. The number of carbonyl (C=O) groups is 1. The number of alkyl halides is 15. The van der Waals surface area contributed by atoms with Crippen molar-refractivity contribution in [2.45, 2.75) is 86.7 Å². The molecule has 1 fully saturated rings. The van der Waals surface area contributed by atoms with Crippen LogP contribution in [0.25, 0.3) is 0 Å². The molecule has 0 amide bonds. The molecule has 1 rings (SSSR count). The van der Waals surface area contributed by atoms with Crippen LogP contribution in [0.2, 0.25) is 0 Å². The fourth-order valence-electron chi connectivity index (χ4n) is 3.33. The van der Waals surface area contributed by atoms with E-state index in [9.17, 15) is 70.7 Å². The monoisotopic (exact) mass is 625 g/mol. The number of nitrogens with zero attached hydrogens (tertiary/aromatic N) is 1.